The molecule has 2 rings (SSSR count). The Kier molecular flexibility index (Phi) is 3.93. The number of pyridine rings is 1. The Hall–Kier alpha value is -1.46. The maximum Gasteiger partial charge on any atom is 0.153 e. The molecule has 0 amide bonds. The van der Waals surface area contributed by atoms with Crippen molar-refractivity contribution in [2.45, 2.75) is 0 Å². The molecule has 1 heterocycles. The van der Waals surface area contributed by atoms with Crippen LogP contribution in [0.3, 0.4) is 0 Å². The van der Waals surface area contributed by atoms with Gasteiger partial charge >= 0.3 is 0 Å². The third-order valence-corrected chi connectivity index (χ3v) is 3.04. The number of hydrogen-bond donors (Lipinski definition) is 2. The average molecular weight is 329 g/mol. The second kappa shape index (κ2) is 5.46. The molecule has 2 aromatic rings. The lowest BCUT2D eigenvalue weighted by molar-refractivity contribution is 0.415. The molecule has 1 aromatic carbocycles. The van der Waals surface area contributed by atoms with Gasteiger partial charge in [0.2, 0.25) is 0 Å². The molecule has 0 unspecified atom stereocenters. The Morgan fingerprint density at radius 3 is 2.83 bits per heavy atom. The highest BCUT2D eigenvalue weighted by Gasteiger charge is 2.05. The summed E-state index contributed by atoms with van der Waals surface area (Å²) in [6.07, 6.45) is 1.67. The van der Waals surface area contributed by atoms with Crippen molar-refractivity contribution in [1.29, 1.82) is 0 Å². The number of nitrogens with two attached hydrogens (primary N) is 1. The van der Waals surface area contributed by atoms with E-state index < -0.39 is 0 Å². The third-order valence-electron chi connectivity index (χ3n) is 2.30. The summed E-state index contributed by atoms with van der Waals surface area (Å²) in [6, 6.07) is 7.14. The van der Waals surface area contributed by atoms with Gasteiger partial charge in [0.15, 0.2) is 5.82 Å². The number of halogens is 2. The quantitative estimate of drug-likeness (QED) is 0.899. The molecule has 0 fully saturated rings. The van der Waals surface area contributed by atoms with Crippen LogP contribution in [0.2, 0.25) is 5.02 Å². The van der Waals surface area contributed by atoms with E-state index in [0.717, 1.165) is 10.2 Å². The maximum absolute atomic E-state index is 5.95. The van der Waals surface area contributed by atoms with Gasteiger partial charge < -0.3 is 15.8 Å². The van der Waals surface area contributed by atoms with Gasteiger partial charge in [-0.3, -0.25) is 0 Å². The number of methoxy groups -OCH3 is 1. The minimum absolute atomic E-state index is 0.554. The van der Waals surface area contributed by atoms with E-state index in [1.54, 1.807) is 31.5 Å². The summed E-state index contributed by atoms with van der Waals surface area (Å²) in [4.78, 5) is 4.19. The van der Waals surface area contributed by atoms with Crippen LogP contribution in [-0.2, 0) is 0 Å². The average Bonchev–Trinajstić information content (AvgIpc) is 2.35. The summed E-state index contributed by atoms with van der Waals surface area (Å²) >= 11 is 9.26. The number of anilines is 3. The van der Waals surface area contributed by atoms with E-state index in [-0.39, 0.29) is 0 Å². The van der Waals surface area contributed by atoms with Gasteiger partial charge in [-0.05, 0) is 34.1 Å². The highest BCUT2D eigenvalue weighted by Crippen LogP contribution is 2.30. The normalized spacial score (nSPS) is 10.2. The fourth-order valence-electron chi connectivity index (χ4n) is 1.43. The number of nitrogen functional groups attached to an aromatic ring is 1. The summed E-state index contributed by atoms with van der Waals surface area (Å²) in [6.45, 7) is 0. The van der Waals surface area contributed by atoms with Crippen LogP contribution in [0.5, 0.6) is 5.75 Å². The lowest BCUT2D eigenvalue weighted by atomic mass is 10.3. The summed E-state index contributed by atoms with van der Waals surface area (Å²) in [5.41, 5.74) is 7.21. The molecule has 0 aliphatic rings. The summed E-state index contributed by atoms with van der Waals surface area (Å²) in [7, 11) is 1.57. The van der Waals surface area contributed by atoms with E-state index in [1.165, 1.54) is 0 Å². The van der Waals surface area contributed by atoms with Crippen molar-refractivity contribution in [2.24, 2.45) is 0 Å². The number of benzene rings is 1. The summed E-state index contributed by atoms with van der Waals surface area (Å²) in [5, 5.41) is 3.66. The number of nitrogens with zero attached hydrogens (tertiary/aromatic N) is 1. The lowest BCUT2D eigenvalue weighted by Gasteiger charge is -2.10. The fraction of sp³-hybridized carbons (Fsp3) is 0.0833. The zero-order valence-electron chi connectivity index (χ0n) is 9.58. The molecule has 1 aromatic heterocycles. The largest absolute Gasteiger partial charge is 0.495 e. The van der Waals surface area contributed by atoms with Gasteiger partial charge in [0.1, 0.15) is 5.75 Å². The van der Waals surface area contributed by atoms with Gasteiger partial charge in [0, 0.05) is 22.4 Å². The first-order valence-electron chi connectivity index (χ1n) is 5.11. The smallest absolute Gasteiger partial charge is 0.153 e. The molecule has 0 radical (unpaired) electrons. The first-order chi connectivity index (χ1) is 8.60. The zero-order chi connectivity index (χ0) is 13.1. The van der Waals surface area contributed by atoms with Gasteiger partial charge in [-0.1, -0.05) is 11.6 Å². The Morgan fingerprint density at radius 2 is 2.17 bits per heavy atom. The Labute approximate surface area is 118 Å². The van der Waals surface area contributed by atoms with Gasteiger partial charge in [0.25, 0.3) is 0 Å². The standard InChI is InChI=1S/C12H11BrClN3O/c1-18-11-5-8(2-3-9(11)14)17-12-10(15)4-7(13)6-16-12/h2-6H,15H2,1H3,(H,16,17). The lowest BCUT2D eigenvalue weighted by Crippen LogP contribution is -1.99. The molecule has 0 aliphatic heterocycles. The fourth-order valence-corrected chi connectivity index (χ4v) is 1.98. The second-order valence-corrected chi connectivity index (χ2v) is 4.89. The van der Waals surface area contributed by atoms with Gasteiger partial charge in [-0.15, -0.1) is 0 Å². The topological polar surface area (TPSA) is 60.2 Å². The van der Waals surface area contributed by atoms with E-state index in [2.05, 4.69) is 26.2 Å². The van der Waals surface area contributed by atoms with Crippen LogP contribution in [0.1, 0.15) is 0 Å². The van der Waals surface area contributed by atoms with Gasteiger partial charge in [0.05, 0.1) is 17.8 Å². The predicted molar refractivity (Wildman–Crippen MR) is 77.6 cm³/mol. The molecule has 94 valence electrons. The van der Waals surface area contributed by atoms with Crippen molar-refractivity contribution in [3.63, 3.8) is 0 Å². The first-order valence-corrected chi connectivity index (χ1v) is 6.29. The van der Waals surface area contributed by atoms with E-state index in [1.807, 2.05) is 6.07 Å². The third kappa shape index (κ3) is 2.86. The monoisotopic (exact) mass is 327 g/mol. The maximum atomic E-state index is 5.95. The van der Waals surface area contributed by atoms with Crippen molar-refractivity contribution in [2.75, 3.05) is 18.2 Å². The number of hydrogen-bond acceptors (Lipinski definition) is 4. The summed E-state index contributed by atoms with van der Waals surface area (Å²) < 4.78 is 5.97. The van der Waals surface area contributed by atoms with Crippen LogP contribution >= 0.6 is 27.5 Å². The molecule has 0 saturated carbocycles. The number of ether oxygens (including phenoxy) is 1. The second-order valence-electron chi connectivity index (χ2n) is 3.57. The number of nitrogens with one attached hydrogen (secondary N) is 1. The molecule has 0 spiro atoms. The van der Waals surface area contributed by atoms with E-state index >= 15 is 0 Å². The molecular formula is C12H11BrClN3O. The van der Waals surface area contributed by atoms with Crippen molar-refractivity contribution in [3.8, 4) is 5.75 Å². The highest BCUT2D eigenvalue weighted by molar-refractivity contribution is 9.10. The Bertz CT molecular complexity index is 577. The number of aromatic nitrogens is 1. The number of rotatable bonds is 3. The minimum Gasteiger partial charge on any atom is -0.495 e. The van der Waals surface area contributed by atoms with Gasteiger partial charge in [-0.2, -0.15) is 0 Å². The molecular weight excluding hydrogens is 318 g/mol. The van der Waals surface area contributed by atoms with E-state index in [9.17, 15) is 0 Å². The van der Waals surface area contributed by atoms with Crippen molar-refractivity contribution >= 4 is 44.7 Å². The molecule has 4 nitrogen and oxygen atoms in total. The zero-order valence-corrected chi connectivity index (χ0v) is 11.9. The Balaban J connectivity index is 2.28. The molecule has 3 N–H and O–H groups in total. The molecule has 18 heavy (non-hydrogen) atoms. The summed E-state index contributed by atoms with van der Waals surface area (Å²) in [5.74, 6) is 1.18. The van der Waals surface area contributed by atoms with Crippen LogP contribution in [0.15, 0.2) is 34.9 Å². The molecule has 0 bridgehead atoms. The molecule has 0 aliphatic carbocycles. The molecule has 6 heteroatoms. The predicted octanol–water partition coefficient (Wildman–Crippen LogP) is 3.83. The van der Waals surface area contributed by atoms with Crippen LogP contribution in [0.4, 0.5) is 17.2 Å². The van der Waals surface area contributed by atoms with Crippen molar-refractivity contribution in [3.05, 3.63) is 40.0 Å². The van der Waals surface area contributed by atoms with Crippen LogP contribution in [0, 0.1) is 0 Å². The van der Waals surface area contributed by atoms with Crippen LogP contribution in [0.25, 0.3) is 0 Å². The van der Waals surface area contributed by atoms with Crippen LogP contribution in [-0.4, -0.2) is 12.1 Å². The van der Waals surface area contributed by atoms with Gasteiger partial charge in [-0.25, -0.2) is 4.98 Å². The SMILES string of the molecule is COc1cc(Nc2ncc(Br)cc2N)ccc1Cl. The van der Waals surface area contributed by atoms with Crippen molar-refractivity contribution < 1.29 is 4.74 Å². The van der Waals surface area contributed by atoms with Crippen LogP contribution < -0.4 is 15.8 Å². The van der Waals surface area contributed by atoms with Crippen molar-refractivity contribution in [1.82, 2.24) is 4.98 Å². The first kappa shape index (κ1) is 13.0. The van der Waals surface area contributed by atoms with E-state index in [4.69, 9.17) is 22.1 Å². The molecule has 0 saturated heterocycles. The Morgan fingerprint density at radius 1 is 1.39 bits per heavy atom. The minimum atomic E-state index is 0.554. The van der Waals surface area contributed by atoms with E-state index in [0.29, 0.717) is 22.3 Å². The highest BCUT2D eigenvalue weighted by atomic mass is 79.9. The molecule has 0 atom stereocenters.